The van der Waals surface area contributed by atoms with Crippen LogP contribution in [0.15, 0.2) is 42.5 Å². The molecule has 6 heteroatoms. The molecule has 0 bridgehead atoms. The number of rotatable bonds is 6. The van der Waals surface area contributed by atoms with Crippen LogP contribution in [-0.2, 0) is 19.1 Å². The number of methoxy groups -OCH3 is 2. The quantitative estimate of drug-likeness (QED) is 0.821. The largest absolute Gasteiger partial charge is 0.469 e. The first-order valence-corrected chi connectivity index (χ1v) is 7.49. The molecule has 6 nitrogen and oxygen atoms in total. The summed E-state index contributed by atoms with van der Waals surface area (Å²) in [5.41, 5.74) is 0.431. The van der Waals surface area contributed by atoms with Gasteiger partial charge in [0.2, 0.25) is 0 Å². The second-order valence-corrected chi connectivity index (χ2v) is 5.23. The minimum Gasteiger partial charge on any atom is -0.469 e. The molecule has 0 aliphatic heterocycles. The zero-order valence-electron chi connectivity index (χ0n) is 13.6. The summed E-state index contributed by atoms with van der Waals surface area (Å²) in [6.07, 6.45) is 0.118. The number of fused-ring (bicyclic) bond motifs is 1. The monoisotopic (exact) mass is 329 g/mol. The van der Waals surface area contributed by atoms with Gasteiger partial charge in [0.25, 0.3) is 5.91 Å². The Labute approximate surface area is 139 Å². The minimum absolute atomic E-state index is 0.00820. The number of hydrogen-bond acceptors (Lipinski definition) is 5. The summed E-state index contributed by atoms with van der Waals surface area (Å²) in [5, 5.41) is 4.55. The van der Waals surface area contributed by atoms with E-state index in [0.717, 1.165) is 10.8 Å². The van der Waals surface area contributed by atoms with Crippen molar-refractivity contribution in [2.45, 2.75) is 18.9 Å². The van der Waals surface area contributed by atoms with Crippen LogP contribution in [-0.4, -0.2) is 38.1 Å². The van der Waals surface area contributed by atoms with Crippen LogP contribution in [0.1, 0.15) is 23.2 Å². The summed E-state index contributed by atoms with van der Waals surface area (Å²) >= 11 is 0. The van der Waals surface area contributed by atoms with Crippen LogP contribution < -0.4 is 5.32 Å². The lowest BCUT2D eigenvalue weighted by molar-refractivity contribution is -0.144. The van der Waals surface area contributed by atoms with Crippen molar-refractivity contribution < 1.29 is 23.9 Å². The van der Waals surface area contributed by atoms with Crippen molar-refractivity contribution >= 4 is 28.6 Å². The van der Waals surface area contributed by atoms with Gasteiger partial charge in [-0.05, 0) is 29.3 Å². The molecule has 24 heavy (non-hydrogen) atoms. The van der Waals surface area contributed by atoms with E-state index in [2.05, 4.69) is 14.8 Å². The number of carbonyl (C=O) groups excluding carboxylic acids is 3. The Morgan fingerprint density at radius 2 is 1.71 bits per heavy atom. The van der Waals surface area contributed by atoms with Crippen molar-refractivity contribution in [2.75, 3.05) is 14.2 Å². The van der Waals surface area contributed by atoms with Crippen molar-refractivity contribution in [3.63, 3.8) is 0 Å². The zero-order valence-corrected chi connectivity index (χ0v) is 13.6. The van der Waals surface area contributed by atoms with Gasteiger partial charge in [0.1, 0.15) is 6.04 Å². The van der Waals surface area contributed by atoms with Gasteiger partial charge in [0.15, 0.2) is 0 Å². The topological polar surface area (TPSA) is 81.7 Å². The summed E-state index contributed by atoms with van der Waals surface area (Å²) in [5.74, 6) is -1.46. The number of esters is 2. The van der Waals surface area contributed by atoms with E-state index in [1.54, 1.807) is 12.1 Å². The molecule has 126 valence electrons. The first-order valence-electron chi connectivity index (χ1n) is 7.49. The molecular formula is C18H19NO5. The molecule has 0 fully saturated rings. The SMILES string of the molecule is COC(=O)CC[C@H](NC(=O)c1ccc2ccccc2c1)C(=O)OC. The molecule has 0 saturated heterocycles. The van der Waals surface area contributed by atoms with Crippen molar-refractivity contribution in [3.05, 3.63) is 48.0 Å². The first kappa shape index (κ1) is 17.5. The van der Waals surface area contributed by atoms with Gasteiger partial charge in [-0.1, -0.05) is 30.3 Å². The zero-order chi connectivity index (χ0) is 17.5. The van der Waals surface area contributed by atoms with Crippen LogP contribution in [0.3, 0.4) is 0 Å². The molecule has 0 aliphatic carbocycles. The van der Waals surface area contributed by atoms with Crippen molar-refractivity contribution in [1.29, 1.82) is 0 Å². The summed E-state index contributed by atoms with van der Waals surface area (Å²) in [7, 11) is 2.50. The Balaban J connectivity index is 2.12. The molecule has 0 aliphatic rings. The fourth-order valence-electron chi connectivity index (χ4n) is 2.33. The molecule has 1 amide bonds. The number of amides is 1. The van der Waals surface area contributed by atoms with E-state index in [1.807, 2.05) is 30.3 Å². The van der Waals surface area contributed by atoms with Crippen LogP contribution >= 0.6 is 0 Å². The molecular weight excluding hydrogens is 310 g/mol. The molecule has 2 rings (SSSR count). The predicted molar refractivity (Wildman–Crippen MR) is 88.5 cm³/mol. The van der Waals surface area contributed by atoms with Gasteiger partial charge in [0, 0.05) is 12.0 Å². The maximum Gasteiger partial charge on any atom is 0.328 e. The highest BCUT2D eigenvalue weighted by molar-refractivity contribution is 6.00. The van der Waals surface area contributed by atoms with E-state index >= 15 is 0 Å². The lowest BCUT2D eigenvalue weighted by Gasteiger charge is -2.16. The van der Waals surface area contributed by atoms with Gasteiger partial charge < -0.3 is 14.8 Å². The van der Waals surface area contributed by atoms with Crippen LogP contribution in [0, 0.1) is 0 Å². The summed E-state index contributed by atoms with van der Waals surface area (Å²) in [6.45, 7) is 0. The Kier molecular flexibility index (Phi) is 5.89. The second-order valence-electron chi connectivity index (χ2n) is 5.23. The lowest BCUT2D eigenvalue weighted by atomic mass is 10.1. The standard InChI is InChI=1S/C18H19NO5/c1-23-16(20)10-9-15(18(22)24-2)19-17(21)14-8-7-12-5-3-4-6-13(12)11-14/h3-8,11,15H,9-10H2,1-2H3,(H,19,21)/t15-/m0/s1. The summed E-state index contributed by atoms with van der Waals surface area (Å²) in [6, 6.07) is 12.0. The van der Waals surface area contributed by atoms with Crippen LogP contribution in [0.2, 0.25) is 0 Å². The molecule has 0 unspecified atom stereocenters. The summed E-state index contributed by atoms with van der Waals surface area (Å²) in [4.78, 5) is 35.4. The predicted octanol–water partition coefficient (Wildman–Crippen LogP) is 2.06. The maximum atomic E-state index is 12.4. The van der Waals surface area contributed by atoms with Crippen molar-refractivity contribution in [2.24, 2.45) is 0 Å². The average Bonchev–Trinajstić information content (AvgIpc) is 2.63. The Bertz CT molecular complexity index is 756. The Hall–Kier alpha value is -2.89. The molecule has 0 saturated carbocycles. The smallest absolute Gasteiger partial charge is 0.328 e. The van der Waals surface area contributed by atoms with E-state index in [9.17, 15) is 14.4 Å². The highest BCUT2D eigenvalue weighted by atomic mass is 16.5. The minimum atomic E-state index is -0.909. The third kappa shape index (κ3) is 4.32. The van der Waals surface area contributed by atoms with Crippen molar-refractivity contribution in [1.82, 2.24) is 5.32 Å². The van der Waals surface area contributed by atoms with Gasteiger partial charge in [-0.2, -0.15) is 0 Å². The molecule has 2 aromatic rings. The number of nitrogens with one attached hydrogen (secondary N) is 1. The first-order chi connectivity index (χ1) is 11.5. The number of hydrogen-bond donors (Lipinski definition) is 1. The third-order valence-electron chi connectivity index (χ3n) is 3.67. The highest BCUT2D eigenvalue weighted by Gasteiger charge is 2.23. The number of carbonyl (C=O) groups is 3. The highest BCUT2D eigenvalue weighted by Crippen LogP contribution is 2.16. The van der Waals surface area contributed by atoms with E-state index in [4.69, 9.17) is 0 Å². The summed E-state index contributed by atoms with van der Waals surface area (Å²) < 4.78 is 9.23. The van der Waals surface area contributed by atoms with Gasteiger partial charge in [-0.3, -0.25) is 9.59 Å². The molecule has 2 aromatic carbocycles. The van der Waals surface area contributed by atoms with E-state index in [-0.39, 0.29) is 12.8 Å². The fraction of sp³-hybridized carbons (Fsp3) is 0.278. The Morgan fingerprint density at radius 1 is 1.00 bits per heavy atom. The van der Waals surface area contributed by atoms with Gasteiger partial charge in [0.05, 0.1) is 14.2 Å². The molecule has 1 atom stereocenters. The average molecular weight is 329 g/mol. The van der Waals surface area contributed by atoms with Crippen LogP contribution in [0.4, 0.5) is 0 Å². The van der Waals surface area contributed by atoms with Gasteiger partial charge in [-0.25, -0.2) is 4.79 Å². The van der Waals surface area contributed by atoms with E-state index < -0.39 is 23.9 Å². The lowest BCUT2D eigenvalue weighted by Crippen LogP contribution is -2.41. The van der Waals surface area contributed by atoms with E-state index in [1.165, 1.54) is 14.2 Å². The van der Waals surface area contributed by atoms with Gasteiger partial charge >= 0.3 is 11.9 Å². The maximum absolute atomic E-state index is 12.4. The van der Waals surface area contributed by atoms with Crippen LogP contribution in [0.5, 0.6) is 0 Å². The van der Waals surface area contributed by atoms with Crippen LogP contribution in [0.25, 0.3) is 10.8 Å². The third-order valence-corrected chi connectivity index (χ3v) is 3.67. The Morgan fingerprint density at radius 3 is 2.38 bits per heavy atom. The number of benzene rings is 2. The molecule has 0 aromatic heterocycles. The molecule has 1 N–H and O–H groups in total. The van der Waals surface area contributed by atoms with E-state index in [0.29, 0.717) is 5.56 Å². The fourth-order valence-corrected chi connectivity index (χ4v) is 2.33. The second kappa shape index (κ2) is 8.10. The normalized spacial score (nSPS) is 11.6. The van der Waals surface area contributed by atoms with Gasteiger partial charge in [-0.15, -0.1) is 0 Å². The molecule has 0 radical (unpaired) electrons. The number of ether oxygens (including phenoxy) is 2. The molecule has 0 spiro atoms. The van der Waals surface area contributed by atoms with Crippen molar-refractivity contribution in [3.8, 4) is 0 Å². The molecule has 0 heterocycles.